The van der Waals surface area contributed by atoms with Gasteiger partial charge in [-0.3, -0.25) is 0 Å². The van der Waals surface area contributed by atoms with Gasteiger partial charge in [0.05, 0.1) is 0 Å². The summed E-state index contributed by atoms with van der Waals surface area (Å²) in [4.78, 5) is 0. The van der Waals surface area contributed by atoms with Crippen molar-refractivity contribution in [3.63, 3.8) is 0 Å². The second-order valence-electron chi connectivity index (χ2n) is 8.89. The summed E-state index contributed by atoms with van der Waals surface area (Å²) in [6.45, 7) is 20.7. The third kappa shape index (κ3) is 15.6. The maximum Gasteiger partial charge on any atom is 0.0466 e. The zero-order chi connectivity index (χ0) is 24.1. The fourth-order valence-electron chi connectivity index (χ4n) is 3.83. The molecule has 0 aliphatic carbocycles. The van der Waals surface area contributed by atoms with Gasteiger partial charge in [-0.15, -0.1) is 0 Å². The number of rotatable bonds is 0. The molecular formula is C31H41OV-3. The minimum atomic E-state index is 0. The number of hydrogen-bond donors (Lipinski definition) is 0. The van der Waals surface area contributed by atoms with Gasteiger partial charge < -0.3 is 4.74 Å². The van der Waals surface area contributed by atoms with E-state index < -0.39 is 0 Å². The zero-order valence-electron chi connectivity index (χ0n) is 22.1. The summed E-state index contributed by atoms with van der Waals surface area (Å²) in [5, 5.41) is 0. The summed E-state index contributed by atoms with van der Waals surface area (Å²) >= 11 is 0. The summed E-state index contributed by atoms with van der Waals surface area (Å²) in [6, 6.07) is 22.4. The molecule has 0 bridgehead atoms. The van der Waals surface area contributed by atoms with Crippen LogP contribution in [0.25, 0.3) is 0 Å². The monoisotopic (exact) mass is 480 g/mol. The Bertz CT molecular complexity index is 678. The molecule has 1 aliphatic heterocycles. The van der Waals surface area contributed by atoms with Crippen molar-refractivity contribution in [1.82, 2.24) is 0 Å². The van der Waals surface area contributed by atoms with Crippen LogP contribution < -0.4 is 0 Å². The van der Waals surface area contributed by atoms with E-state index >= 15 is 0 Å². The fourth-order valence-corrected chi connectivity index (χ4v) is 3.83. The molecule has 0 saturated carbocycles. The van der Waals surface area contributed by atoms with E-state index in [1.54, 1.807) is 0 Å². The van der Waals surface area contributed by atoms with E-state index in [1.165, 1.54) is 62.9 Å². The Morgan fingerprint density at radius 2 is 0.667 bits per heavy atom. The van der Waals surface area contributed by atoms with Crippen molar-refractivity contribution in [3.8, 4) is 0 Å². The second-order valence-corrected chi connectivity index (χ2v) is 8.89. The predicted molar refractivity (Wildman–Crippen MR) is 139 cm³/mol. The van der Waals surface area contributed by atoms with Crippen LogP contribution in [-0.2, 0) is 23.3 Å². The molecule has 0 N–H and O–H groups in total. The van der Waals surface area contributed by atoms with Crippen LogP contribution in [0.4, 0.5) is 0 Å². The largest absolute Gasteiger partial charge is 0.381 e. The first-order chi connectivity index (χ1) is 15.0. The molecule has 4 rings (SSSR count). The summed E-state index contributed by atoms with van der Waals surface area (Å²) < 4.78 is 4.94. The molecule has 0 spiro atoms. The Labute approximate surface area is 215 Å². The zero-order valence-corrected chi connectivity index (χ0v) is 23.5. The van der Waals surface area contributed by atoms with E-state index in [1.807, 2.05) is 0 Å². The van der Waals surface area contributed by atoms with Crippen molar-refractivity contribution in [2.45, 2.75) is 75.2 Å². The molecule has 0 unspecified atom stereocenters. The summed E-state index contributed by atoms with van der Waals surface area (Å²) in [5.74, 6) is 0. The van der Waals surface area contributed by atoms with E-state index in [4.69, 9.17) is 4.74 Å². The average Bonchev–Trinajstić information content (AvgIpc) is 3.18. The topological polar surface area (TPSA) is 9.23 Å². The molecule has 0 aromatic heterocycles. The van der Waals surface area contributed by atoms with Gasteiger partial charge in [0.25, 0.3) is 0 Å². The van der Waals surface area contributed by atoms with Gasteiger partial charge in [0.15, 0.2) is 0 Å². The number of ether oxygens (including phenoxy) is 1. The molecule has 0 amide bonds. The van der Waals surface area contributed by atoms with E-state index in [0.29, 0.717) is 0 Å². The number of benzene rings is 3. The van der Waals surface area contributed by atoms with E-state index in [-0.39, 0.29) is 18.6 Å². The Hall–Kier alpha value is -1.80. The molecule has 33 heavy (non-hydrogen) atoms. The van der Waals surface area contributed by atoms with Gasteiger partial charge in [0.2, 0.25) is 0 Å². The Kier molecular flexibility index (Phi) is 15.8. The number of hydrogen-bond acceptors (Lipinski definition) is 1. The Morgan fingerprint density at radius 3 is 0.788 bits per heavy atom. The molecule has 1 fully saturated rings. The van der Waals surface area contributed by atoms with Gasteiger partial charge >= 0.3 is 0 Å². The van der Waals surface area contributed by atoms with Crippen molar-refractivity contribution in [2.75, 3.05) is 13.2 Å². The molecule has 2 heteroatoms. The van der Waals surface area contributed by atoms with Crippen LogP contribution in [-0.4, -0.2) is 13.2 Å². The molecule has 179 valence electrons. The predicted octanol–water partition coefficient (Wildman–Crippen LogP) is 8.03. The second kappa shape index (κ2) is 16.8. The fraction of sp³-hybridized carbons (Fsp3) is 0.419. The van der Waals surface area contributed by atoms with Crippen molar-refractivity contribution < 1.29 is 23.3 Å². The van der Waals surface area contributed by atoms with Gasteiger partial charge in [-0.05, 0) is 12.8 Å². The minimum Gasteiger partial charge on any atom is -0.381 e. The van der Waals surface area contributed by atoms with E-state index in [9.17, 15) is 0 Å². The van der Waals surface area contributed by atoms with Crippen molar-refractivity contribution in [1.29, 1.82) is 0 Å². The van der Waals surface area contributed by atoms with Crippen LogP contribution in [0.5, 0.6) is 0 Å². The van der Waals surface area contributed by atoms with Crippen LogP contribution in [0.3, 0.4) is 0 Å². The van der Waals surface area contributed by atoms with Gasteiger partial charge in [-0.2, -0.15) is 105 Å². The van der Waals surface area contributed by atoms with Crippen molar-refractivity contribution in [2.24, 2.45) is 0 Å². The van der Waals surface area contributed by atoms with Crippen LogP contribution in [0, 0.1) is 80.5 Å². The molecule has 3 aromatic carbocycles. The van der Waals surface area contributed by atoms with Crippen LogP contribution in [0.1, 0.15) is 62.9 Å². The first kappa shape index (κ1) is 31.2. The van der Waals surface area contributed by atoms with Gasteiger partial charge in [0, 0.05) is 31.8 Å². The quantitative estimate of drug-likeness (QED) is 0.296. The van der Waals surface area contributed by atoms with Crippen LogP contribution in [0.15, 0.2) is 36.4 Å². The molecule has 1 heterocycles. The molecule has 1 aliphatic rings. The molecule has 0 atom stereocenters. The first-order valence-corrected chi connectivity index (χ1v) is 11.5. The molecule has 1 saturated heterocycles. The standard InChI is InChI=1S/3C9H11.C4H8O.V/c3*1-7-4-8(2)6-9(3)5-7;1-2-4-5-3-1;/h3*4-5H,1-3H3;1-4H2;/q3*-1;;. The summed E-state index contributed by atoms with van der Waals surface area (Å²) in [7, 11) is 0. The third-order valence-corrected chi connectivity index (χ3v) is 4.68. The summed E-state index contributed by atoms with van der Waals surface area (Å²) in [5.41, 5.74) is 11.3. The molecular weight excluding hydrogens is 439 g/mol. The van der Waals surface area contributed by atoms with Crippen molar-refractivity contribution >= 4 is 0 Å². The first-order valence-electron chi connectivity index (χ1n) is 11.5. The minimum absolute atomic E-state index is 0. The smallest absolute Gasteiger partial charge is 0.0466 e. The molecule has 1 radical (unpaired) electrons. The maximum atomic E-state index is 4.94. The van der Waals surface area contributed by atoms with Crippen LogP contribution >= 0.6 is 0 Å². The Balaban J connectivity index is 0.000000417. The van der Waals surface area contributed by atoms with Gasteiger partial charge in [-0.1, -0.05) is 62.3 Å². The van der Waals surface area contributed by atoms with Crippen molar-refractivity contribution in [3.05, 3.63) is 105 Å². The Morgan fingerprint density at radius 1 is 0.455 bits per heavy atom. The normalized spacial score (nSPS) is 11.5. The van der Waals surface area contributed by atoms with Gasteiger partial charge in [-0.25, -0.2) is 0 Å². The van der Waals surface area contributed by atoms with Crippen LogP contribution in [0.2, 0.25) is 0 Å². The third-order valence-electron chi connectivity index (χ3n) is 4.68. The molecule has 3 aromatic rings. The summed E-state index contributed by atoms with van der Waals surface area (Å²) in [6.07, 6.45) is 2.56. The SMILES string of the molecule is C1CCOC1.Cc1[c-]c(C)cc(C)c1.Cc1[c-]c(C)cc(C)c1.Cc1[c-]c(C)cc(C)c1.[V]. The van der Waals surface area contributed by atoms with Gasteiger partial charge in [0.1, 0.15) is 0 Å². The maximum absolute atomic E-state index is 4.94. The number of aryl methyl sites for hydroxylation is 9. The average molecular weight is 481 g/mol. The molecule has 1 nitrogen and oxygen atoms in total. The van der Waals surface area contributed by atoms with E-state index in [2.05, 4.69) is 117 Å². The van der Waals surface area contributed by atoms with E-state index in [0.717, 1.165) is 13.2 Å².